The minimum absolute atomic E-state index is 0.0845. The highest BCUT2D eigenvalue weighted by atomic mass is 79.9. The van der Waals surface area contributed by atoms with Crippen molar-refractivity contribution in [2.75, 3.05) is 13.1 Å². The highest BCUT2D eigenvalue weighted by molar-refractivity contribution is 9.10. The van der Waals surface area contributed by atoms with Crippen molar-refractivity contribution >= 4 is 21.8 Å². The van der Waals surface area contributed by atoms with Crippen LogP contribution in [0.4, 0.5) is 0 Å². The van der Waals surface area contributed by atoms with E-state index in [1.54, 1.807) is 11.8 Å². The molecular formula is C13H16BrNO2. The molecule has 0 saturated carbocycles. The Morgan fingerprint density at radius 2 is 2.06 bits per heavy atom. The van der Waals surface area contributed by atoms with Crippen LogP contribution in [0.15, 0.2) is 28.7 Å². The van der Waals surface area contributed by atoms with Gasteiger partial charge in [-0.25, -0.2) is 0 Å². The van der Waals surface area contributed by atoms with Gasteiger partial charge in [0.2, 0.25) is 5.91 Å². The van der Waals surface area contributed by atoms with Gasteiger partial charge in [0.25, 0.3) is 0 Å². The smallest absolute Gasteiger partial charge is 0.219 e. The summed E-state index contributed by atoms with van der Waals surface area (Å²) in [5.41, 5.74) is 0.130. The van der Waals surface area contributed by atoms with Crippen molar-refractivity contribution in [3.05, 3.63) is 34.3 Å². The van der Waals surface area contributed by atoms with Crippen molar-refractivity contribution in [1.29, 1.82) is 0 Å². The van der Waals surface area contributed by atoms with Crippen molar-refractivity contribution in [2.24, 2.45) is 0 Å². The number of carbonyl (C=O) groups is 1. The van der Waals surface area contributed by atoms with Crippen LogP contribution in [-0.2, 0) is 10.4 Å². The minimum Gasteiger partial charge on any atom is -0.385 e. The summed E-state index contributed by atoms with van der Waals surface area (Å²) in [4.78, 5) is 13.0. The molecule has 1 N–H and O–H groups in total. The van der Waals surface area contributed by atoms with E-state index in [9.17, 15) is 9.90 Å². The second-order valence-electron chi connectivity index (χ2n) is 4.55. The lowest BCUT2D eigenvalue weighted by molar-refractivity contribution is -0.133. The Morgan fingerprint density at radius 3 is 2.59 bits per heavy atom. The van der Waals surface area contributed by atoms with Crippen LogP contribution in [0.2, 0.25) is 0 Å². The molecular weight excluding hydrogens is 282 g/mol. The van der Waals surface area contributed by atoms with E-state index in [1.165, 1.54) is 0 Å². The van der Waals surface area contributed by atoms with Crippen molar-refractivity contribution < 1.29 is 9.90 Å². The molecule has 0 aliphatic carbocycles. The third-order valence-electron chi connectivity index (χ3n) is 3.40. The van der Waals surface area contributed by atoms with Crippen LogP contribution in [0.25, 0.3) is 0 Å². The molecule has 0 bridgehead atoms. The molecule has 0 unspecified atom stereocenters. The molecule has 0 atom stereocenters. The van der Waals surface area contributed by atoms with E-state index in [4.69, 9.17) is 0 Å². The number of hydrogen-bond donors (Lipinski definition) is 1. The molecule has 1 aliphatic rings. The van der Waals surface area contributed by atoms with Gasteiger partial charge in [-0.15, -0.1) is 0 Å². The average Bonchev–Trinajstić information content (AvgIpc) is 2.29. The summed E-state index contributed by atoms with van der Waals surface area (Å²) in [5.74, 6) is 0.0845. The van der Waals surface area contributed by atoms with Gasteiger partial charge in [0.05, 0.1) is 5.60 Å². The number of hydrogen-bond acceptors (Lipinski definition) is 2. The molecule has 1 fully saturated rings. The fraction of sp³-hybridized carbons (Fsp3) is 0.462. The second kappa shape index (κ2) is 4.78. The lowest BCUT2D eigenvalue weighted by Crippen LogP contribution is -2.44. The van der Waals surface area contributed by atoms with Crippen molar-refractivity contribution in [3.8, 4) is 0 Å². The predicted molar refractivity (Wildman–Crippen MR) is 69.5 cm³/mol. The minimum atomic E-state index is -0.796. The molecule has 1 heterocycles. The van der Waals surface area contributed by atoms with E-state index in [1.807, 2.05) is 24.3 Å². The molecule has 2 rings (SSSR count). The van der Waals surface area contributed by atoms with Gasteiger partial charge < -0.3 is 10.0 Å². The van der Waals surface area contributed by atoms with Gasteiger partial charge in [-0.3, -0.25) is 4.79 Å². The van der Waals surface area contributed by atoms with Crippen molar-refractivity contribution in [2.45, 2.75) is 25.4 Å². The monoisotopic (exact) mass is 297 g/mol. The van der Waals surface area contributed by atoms with Crippen molar-refractivity contribution in [3.63, 3.8) is 0 Å². The summed E-state index contributed by atoms with van der Waals surface area (Å²) >= 11 is 3.41. The first-order chi connectivity index (χ1) is 8.01. The zero-order valence-corrected chi connectivity index (χ0v) is 11.4. The van der Waals surface area contributed by atoms with E-state index in [0.717, 1.165) is 10.0 Å². The number of piperidine rings is 1. The molecule has 92 valence electrons. The van der Waals surface area contributed by atoms with Gasteiger partial charge in [-0.05, 0) is 30.5 Å². The first-order valence-electron chi connectivity index (χ1n) is 5.75. The van der Waals surface area contributed by atoms with E-state index >= 15 is 0 Å². The molecule has 1 amide bonds. The number of benzene rings is 1. The Morgan fingerprint density at radius 1 is 1.41 bits per heavy atom. The van der Waals surface area contributed by atoms with Crippen LogP contribution in [0.1, 0.15) is 25.3 Å². The Hall–Kier alpha value is -0.870. The number of halogens is 1. The molecule has 0 spiro atoms. The number of carbonyl (C=O) groups excluding carboxylic acids is 1. The van der Waals surface area contributed by atoms with Gasteiger partial charge in [0.15, 0.2) is 0 Å². The largest absolute Gasteiger partial charge is 0.385 e. The first kappa shape index (κ1) is 12.6. The van der Waals surface area contributed by atoms with Crippen molar-refractivity contribution in [1.82, 2.24) is 4.90 Å². The molecule has 1 saturated heterocycles. The SMILES string of the molecule is CC(=O)N1CCC(O)(c2cccc(Br)c2)CC1. The van der Waals surface area contributed by atoms with Gasteiger partial charge in [0, 0.05) is 24.5 Å². The fourth-order valence-electron chi connectivity index (χ4n) is 2.26. The molecule has 3 nitrogen and oxygen atoms in total. The molecule has 1 aliphatic heterocycles. The molecule has 1 aromatic carbocycles. The summed E-state index contributed by atoms with van der Waals surface area (Å²) < 4.78 is 0.970. The summed E-state index contributed by atoms with van der Waals surface area (Å²) in [6, 6.07) is 7.75. The molecule has 4 heteroatoms. The van der Waals surface area contributed by atoms with Crippen LogP contribution in [0, 0.1) is 0 Å². The predicted octanol–water partition coefficient (Wildman–Crippen LogP) is 2.28. The molecule has 0 radical (unpaired) electrons. The fourth-order valence-corrected chi connectivity index (χ4v) is 2.66. The van der Waals surface area contributed by atoms with E-state index in [0.29, 0.717) is 25.9 Å². The zero-order chi connectivity index (χ0) is 12.5. The van der Waals surface area contributed by atoms with Gasteiger partial charge in [-0.1, -0.05) is 28.1 Å². The quantitative estimate of drug-likeness (QED) is 0.864. The summed E-state index contributed by atoms with van der Waals surface area (Å²) in [7, 11) is 0. The summed E-state index contributed by atoms with van der Waals surface area (Å²) in [5, 5.41) is 10.6. The lowest BCUT2D eigenvalue weighted by Gasteiger charge is -2.38. The maximum atomic E-state index is 11.2. The second-order valence-corrected chi connectivity index (χ2v) is 5.46. The van der Waals surface area contributed by atoms with Crippen LogP contribution in [0.5, 0.6) is 0 Å². The van der Waals surface area contributed by atoms with E-state index in [-0.39, 0.29) is 5.91 Å². The molecule has 17 heavy (non-hydrogen) atoms. The number of likely N-dealkylation sites (tertiary alicyclic amines) is 1. The van der Waals surface area contributed by atoms with E-state index in [2.05, 4.69) is 15.9 Å². The Kier molecular flexibility index (Phi) is 3.54. The Balaban J connectivity index is 2.14. The van der Waals surface area contributed by atoms with Crippen LogP contribution >= 0.6 is 15.9 Å². The van der Waals surface area contributed by atoms with Gasteiger partial charge >= 0.3 is 0 Å². The first-order valence-corrected chi connectivity index (χ1v) is 6.54. The highest BCUT2D eigenvalue weighted by Gasteiger charge is 2.34. The van der Waals surface area contributed by atoms with Crippen LogP contribution in [0.3, 0.4) is 0 Å². The highest BCUT2D eigenvalue weighted by Crippen LogP contribution is 2.33. The number of aliphatic hydroxyl groups is 1. The Bertz CT molecular complexity index is 425. The lowest BCUT2D eigenvalue weighted by atomic mass is 9.84. The van der Waals surface area contributed by atoms with Gasteiger partial charge in [-0.2, -0.15) is 0 Å². The maximum absolute atomic E-state index is 11.2. The third kappa shape index (κ3) is 2.69. The third-order valence-corrected chi connectivity index (χ3v) is 3.89. The standard InChI is InChI=1S/C13H16BrNO2/c1-10(16)15-7-5-13(17,6-8-15)11-3-2-4-12(14)9-11/h2-4,9,17H,5-8H2,1H3. The zero-order valence-electron chi connectivity index (χ0n) is 9.82. The molecule has 0 aromatic heterocycles. The maximum Gasteiger partial charge on any atom is 0.219 e. The molecule has 1 aromatic rings. The number of nitrogens with zero attached hydrogens (tertiary/aromatic N) is 1. The number of amides is 1. The summed E-state index contributed by atoms with van der Waals surface area (Å²) in [6.45, 7) is 2.82. The topological polar surface area (TPSA) is 40.5 Å². The summed E-state index contributed by atoms with van der Waals surface area (Å²) in [6.07, 6.45) is 1.20. The normalized spacial score (nSPS) is 19.1. The average molecular weight is 298 g/mol. The Labute approximate surface area is 110 Å². The van der Waals surface area contributed by atoms with Gasteiger partial charge in [0.1, 0.15) is 0 Å². The van der Waals surface area contributed by atoms with E-state index < -0.39 is 5.60 Å². The van der Waals surface area contributed by atoms with Crippen LogP contribution < -0.4 is 0 Å². The van der Waals surface area contributed by atoms with Crippen LogP contribution in [-0.4, -0.2) is 29.0 Å². The number of rotatable bonds is 1.